The predicted molar refractivity (Wildman–Crippen MR) is 128 cm³/mol. The molecule has 2 amide bonds. The summed E-state index contributed by atoms with van der Waals surface area (Å²) >= 11 is 1.23. The summed E-state index contributed by atoms with van der Waals surface area (Å²) in [5.41, 5.74) is 0.365. The topological polar surface area (TPSA) is 96.8 Å². The number of fused-ring (bicyclic) bond motifs is 1. The van der Waals surface area contributed by atoms with Crippen LogP contribution in [0.25, 0.3) is 10.2 Å². The lowest BCUT2D eigenvalue weighted by Gasteiger charge is -2.33. The second-order valence-electron chi connectivity index (χ2n) is 8.91. The number of likely N-dealkylation sites (tertiary alicyclic amines) is 1. The molecule has 1 unspecified atom stereocenters. The monoisotopic (exact) mass is 475 g/mol. The highest BCUT2D eigenvalue weighted by Crippen LogP contribution is 2.26. The molecule has 0 spiro atoms. The minimum atomic E-state index is -0.266. The fourth-order valence-electron chi connectivity index (χ4n) is 4.60. The zero-order valence-corrected chi connectivity index (χ0v) is 20.3. The summed E-state index contributed by atoms with van der Waals surface area (Å²) in [7, 11) is 0. The van der Waals surface area contributed by atoms with E-state index in [0.29, 0.717) is 27.2 Å². The van der Waals surface area contributed by atoms with E-state index in [-0.39, 0.29) is 30.0 Å². The summed E-state index contributed by atoms with van der Waals surface area (Å²) in [4.78, 5) is 48.3. The molecule has 180 valence electrons. The van der Waals surface area contributed by atoms with Crippen LogP contribution in [-0.2, 0) is 16.1 Å². The third kappa shape index (κ3) is 5.44. The van der Waals surface area contributed by atoms with E-state index in [9.17, 15) is 14.4 Å². The summed E-state index contributed by atoms with van der Waals surface area (Å²) in [5.74, 6) is -0.238. The van der Waals surface area contributed by atoms with E-state index in [2.05, 4.69) is 22.1 Å². The average Bonchev–Trinajstić information content (AvgIpc) is 3.16. The highest BCUT2D eigenvalue weighted by atomic mass is 32.1. The number of amides is 2. The highest BCUT2D eigenvalue weighted by Gasteiger charge is 2.25. The van der Waals surface area contributed by atoms with Crippen molar-refractivity contribution in [2.75, 3.05) is 45.9 Å². The summed E-state index contributed by atoms with van der Waals surface area (Å²) in [6, 6.07) is 0.195. The van der Waals surface area contributed by atoms with Gasteiger partial charge in [-0.15, -0.1) is 11.3 Å². The Labute approximate surface area is 197 Å². The predicted octanol–water partition coefficient (Wildman–Crippen LogP) is 1.62. The Hall–Kier alpha value is -2.30. The van der Waals surface area contributed by atoms with Crippen LogP contribution >= 0.6 is 11.3 Å². The molecule has 0 aliphatic carbocycles. The van der Waals surface area contributed by atoms with E-state index >= 15 is 0 Å². The SMILES string of the molecule is Cc1c(C(=O)NCCCN2CCOCC2)sc2ncn(CC(=O)N3CCCCC3C)c(=O)c12. The van der Waals surface area contributed by atoms with Gasteiger partial charge in [0.05, 0.1) is 29.8 Å². The van der Waals surface area contributed by atoms with E-state index in [0.717, 1.165) is 65.1 Å². The second-order valence-corrected chi connectivity index (χ2v) is 9.91. The Morgan fingerprint density at radius 1 is 1.24 bits per heavy atom. The molecule has 2 aromatic heterocycles. The molecule has 0 saturated carbocycles. The molecule has 0 aromatic carbocycles. The fourth-order valence-corrected chi connectivity index (χ4v) is 5.66. The maximum absolute atomic E-state index is 13.1. The number of nitrogens with one attached hydrogen (secondary N) is 1. The van der Waals surface area contributed by atoms with E-state index in [1.54, 1.807) is 6.92 Å². The van der Waals surface area contributed by atoms with Crippen LogP contribution < -0.4 is 10.9 Å². The number of carbonyl (C=O) groups is 2. The number of hydrogen-bond acceptors (Lipinski definition) is 7. The van der Waals surface area contributed by atoms with Crippen molar-refractivity contribution in [3.63, 3.8) is 0 Å². The van der Waals surface area contributed by atoms with Crippen LogP contribution in [0.15, 0.2) is 11.1 Å². The molecule has 4 heterocycles. The fraction of sp³-hybridized carbons (Fsp3) is 0.652. The lowest BCUT2D eigenvalue weighted by molar-refractivity contribution is -0.135. The number of nitrogens with zero attached hydrogens (tertiary/aromatic N) is 4. The minimum absolute atomic E-state index is 0.0233. The first-order valence-electron chi connectivity index (χ1n) is 11.8. The lowest BCUT2D eigenvalue weighted by atomic mass is 10.0. The minimum Gasteiger partial charge on any atom is -0.379 e. The average molecular weight is 476 g/mol. The van der Waals surface area contributed by atoms with E-state index in [4.69, 9.17) is 4.74 Å². The summed E-state index contributed by atoms with van der Waals surface area (Å²) < 4.78 is 6.73. The van der Waals surface area contributed by atoms with Gasteiger partial charge in [-0.2, -0.15) is 0 Å². The number of morpholine rings is 1. The van der Waals surface area contributed by atoms with Gasteiger partial charge in [0.2, 0.25) is 5.91 Å². The van der Waals surface area contributed by atoms with Gasteiger partial charge in [0.15, 0.2) is 0 Å². The Kier molecular flexibility index (Phi) is 7.77. The quantitative estimate of drug-likeness (QED) is 0.612. The van der Waals surface area contributed by atoms with Gasteiger partial charge in [0.25, 0.3) is 11.5 Å². The van der Waals surface area contributed by atoms with Crippen molar-refractivity contribution in [3.05, 3.63) is 27.1 Å². The number of thiophene rings is 1. The van der Waals surface area contributed by atoms with Gasteiger partial charge < -0.3 is 15.0 Å². The van der Waals surface area contributed by atoms with Crippen LogP contribution in [0, 0.1) is 6.92 Å². The zero-order valence-electron chi connectivity index (χ0n) is 19.5. The zero-order chi connectivity index (χ0) is 23.4. The molecule has 9 nitrogen and oxygen atoms in total. The molecule has 1 N–H and O–H groups in total. The van der Waals surface area contributed by atoms with E-state index in [1.807, 2.05) is 4.90 Å². The standard InChI is InChI=1S/C23H33N5O4S/c1-16-6-3-4-9-28(16)18(29)14-27-15-25-22-19(23(27)31)17(2)20(33-22)21(30)24-7-5-8-26-10-12-32-13-11-26/h15-16H,3-14H2,1-2H3,(H,24,30). The van der Waals surface area contributed by atoms with Crippen LogP contribution in [0.2, 0.25) is 0 Å². The first-order valence-corrected chi connectivity index (χ1v) is 12.6. The first kappa shape index (κ1) is 23.8. The molecule has 4 rings (SSSR count). The van der Waals surface area contributed by atoms with Gasteiger partial charge in [0.1, 0.15) is 11.4 Å². The Bertz CT molecular complexity index is 1060. The van der Waals surface area contributed by atoms with Gasteiger partial charge >= 0.3 is 0 Å². The normalized spacial score (nSPS) is 19.7. The van der Waals surface area contributed by atoms with Crippen molar-refractivity contribution in [3.8, 4) is 0 Å². The Morgan fingerprint density at radius 2 is 2.03 bits per heavy atom. The molecule has 0 radical (unpaired) electrons. The van der Waals surface area contributed by atoms with Gasteiger partial charge in [-0.05, 0) is 51.6 Å². The van der Waals surface area contributed by atoms with Crippen LogP contribution in [0.1, 0.15) is 47.8 Å². The van der Waals surface area contributed by atoms with Gasteiger partial charge in [-0.3, -0.25) is 23.9 Å². The number of carbonyl (C=O) groups excluding carboxylic acids is 2. The molecule has 33 heavy (non-hydrogen) atoms. The Morgan fingerprint density at radius 3 is 2.79 bits per heavy atom. The summed E-state index contributed by atoms with van der Waals surface area (Å²) in [6.45, 7) is 9.43. The van der Waals surface area contributed by atoms with Crippen molar-refractivity contribution in [2.45, 2.75) is 52.1 Å². The first-order chi connectivity index (χ1) is 16.0. The van der Waals surface area contributed by atoms with Gasteiger partial charge in [-0.25, -0.2) is 4.98 Å². The third-order valence-electron chi connectivity index (χ3n) is 6.59. The highest BCUT2D eigenvalue weighted by molar-refractivity contribution is 7.20. The van der Waals surface area contributed by atoms with Gasteiger partial charge in [0, 0.05) is 32.2 Å². The molecular weight excluding hydrogens is 442 g/mol. The third-order valence-corrected chi connectivity index (χ3v) is 7.79. The molecule has 2 aliphatic rings. The maximum atomic E-state index is 13.1. The molecule has 10 heteroatoms. The van der Waals surface area contributed by atoms with Crippen LogP contribution in [0.3, 0.4) is 0 Å². The molecule has 2 fully saturated rings. The summed E-state index contributed by atoms with van der Waals surface area (Å²) in [6.07, 6.45) is 5.41. The largest absolute Gasteiger partial charge is 0.379 e. The number of aryl methyl sites for hydroxylation is 1. The molecule has 2 aliphatic heterocycles. The number of ether oxygens (including phenoxy) is 1. The number of rotatable bonds is 7. The van der Waals surface area contributed by atoms with Crippen molar-refractivity contribution in [1.82, 2.24) is 24.7 Å². The van der Waals surface area contributed by atoms with Crippen molar-refractivity contribution >= 4 is 33.4 Å². The number of hydrogen-bond donors (Lipinski definition) is 1. The van der Waals surface area contributed by atoms with Crippen LogP contribution in [0.5, 0.6) is 0 Å². The summed E-state index contributed by atoms with van der Waals surface area (Å²) in [5, 5.41) is 3.40. The molecule has 1 atom stereocenters. The number of aromatic nitrogens is 2. The van der Waals surface area contributed by atoms with Crippen molar-refractivity contribution in [1.29, 1.82) is 0 Å². The lowest BCUT2D eigenvalue weighted by Crippen LogP contribution is -2.44. The maximum Gasteiger partial charge on any atom is 0.262 e. The molecule has 2 saturated heterocycles. The van der Waals surface area contributed by atoms with Gasteiger partial charge in [-0.1, -0.05) is 0 Å². The van der Waals surface area contributed by atoms with E-state index < -0.39 is 0 Å². The second kappa shape index (κ2) is 10.8. The molecule has 0 bridgehead atoms. The van der Waals surface area contributed by atoms with Crippen molar-refractivity contribution < 1.29 is 14.3 Å². The Balaban J connectivity index is 1.41. The molecular formula is C23H33N5O4S. The number of piperidine rings is 1. The molecule has 2 aromatic rings. The van der Waals surface area contributed by atoms with Crippen LogP contribution in [0.4, 0.5) is 0 Å². The van der Waals surface area contributed by atoms with Crippen molar-refractivity contribution in [2.24, 2.45) is 0 Å². The van der Waals surface area contributed by atoms with E-state index in [1.165, 1.54) is 22.2 Å². The van der Waals surface area contributed by atoms with Crippen LogP contribution in [-0.4, -0.2) is 83.1 Å². The smallest absolute Gasteiger partial charge is 0.262 e.